The van der Waals surface area contributed by atoms with Crippen LogP contribution in [0, 0.1) is 19.3 Å². The van der Waals surface area contributed by atoms with Crippen LogP contribution >= 0.6 is 23.6 Å². The first-order valence-electron chi connectivity index (χ1n) is 5.01. The van der Waals surface area contributed by atoms with Crippen molar-refractivity contribution in [3.8, 4) is 0 Å². The number of hydrogen-bond donors (Lipinski definition) is 2. The first-order valence-corrected chi connectivity index (χ1v) is 6.23. The van der Waals surface area contributed by atoms with E-state index in [0.717, 1.165) is 23.4 Å². The zero-order valence-corrected chi connectivity index (χ0v) is 10.8. The van der Waals surface area contributed by atoms with Gasteiger partial charge >= 0.3 is 0 Å². The zero-order chi connectivity index (χ0) is 11.9. The topological polar surface area (TPSA) is 68.0 Å². The van der Waals surface area contributed by atoms with Crippen molar-refractivity contribution in [3.05, 3.63) is 10.6 Å². The van der Waals surface area contributed by atoms with E-state index in [0.29, 0.717) is 5.13 Å². The molecular weight excluding hydrogens is 242 g/mol. The third kappa shape index (κ3) is 1.82. The molecule has 2 rings (SSSR count). The van der Waals surface area contributed by atoms with Crippen LogP contribution in [0.15, 0.2) is 0 Å². The molecule has 1 aromatic rings. The second kappa shape index (κ2) is 3.78. The molecule has 0 aromatic carbocycles. The molecule has 0 spiro atoms. The Balaban J connectivity index is 2.11. The van der Waals surface area contributed by atoms with Gasteiger partial charge in [0, 0.05) is 4.88 Å². The Morgan fingerprint density at radius 1 is 1.56 bits per heavy atom. The van der Waals surface area contributed by atoms with E-state index in [1.54, 1.807) is 0 Å². The maximum absolute atomic E-state index is 11.9. The number of hydrogen-bond acceptors (Lipinski definition) is 4. The maximum atomic E-state index is 11.9. The van der Waals surface area contributed by atoms with E-state index in [1.807, 2.05) is 13.8 Å². The summed E-state index contributed by atoms with van der Waals surface area (Å²) in [6.07, 6.45) is 1.50. The largest absolute Gasteiger partial charge is 0.392 e. The van der Waals surface area contributed by atoms with Gasteiger partial charge in [0.05, 0.1) is 16.1 Å². The van der Waals surface area contributed by atoms with Gasteiger partial charge < -0.3 is 11.1 Å². The smallest absolute Gasteiger partial charge is 0.239 e. The summed E-state index contributed by atoms with van der Waals surface area (Å²) in [6, 6.07) is 0. The van der Waals surface area contributed by atoms with Crippen LogP contribution in [0.1, 0.15) is 23.4 Å². The summed E-state index contributed by atoms with van der Waals surface area (Å²) < 4.78 is 0. The standard InChI is InChI=1S/C10H13N3OS2/c1-5-6(2)16-9(12-5)13-8(14)10(3-4-10)7(11)15/h3-4H2,1-2H3,(H2,11,15)(H,12,13,14). The minimum absolute atomic E-state index is 0.117. The van der Waals surface area contributed by atoms with Crippen LogP contribution < -0.4 is 11.1 Å². The van der Waals surface area contributed by atoms with E-state index in [1.165, 1.54) is 11.3 Å². The van der Waals surface area contributed by atoms with Crippen LogP contribution in [0.3, 0.4) is 0 Å². The third-order valence-electron chi connectivity index (χ3n) is 2.91. The molecule has 0 unspecified atom stereocenters. The summed E-state index contributed by atoms with van der Waals surface area (Å²) >= 11 is 6.39. The molecular formula is C10H13N3OS2. The molecule has 0 saturated heterocycles. The highest BCUT2D eigenvalue weighted by Crippen LogP contribution is 2.47. The molecule has 1 aliphatic carbocycles. The molecule has 0 bridgehead atoms. The minimum atomic E-state index is -0.608. The van der Waals surface area contributed by atoms with Gasteiger partial charge in [0.15, 0.2) is 5.13 Å². The van der Waals surface area contributed by atoms with Gasteiger partial charge in [-0.05, 0) is 26.7 Å². The van der Waals surface area contributed by atoms with Gasteiger partial charge in [-0.3, -0.25) is 4.79 Å². The van der Waals surface area contributed by atoms with E-state index < -0.39 is 5.41 Å². The van der Waals surface area contributed by atoms with Crippen LogP contribution in [0.25, 0.3) is 0 Å². The van der Waals surface area contributed by atoms with Crippen LogP contribution in [0.2, 0.25) is 0 Å². The van der Waals surface area contributed by atoms with Crippen molar-refractivity contribution in [2.75, 3.05) is 5.32 Å². The molecule has 4 nitrogen and oxygen atoms in total. The van der Waals surface area contributed by atoms with Crippen LogP contribution in [-0.2, 0) is 4.79 Å². The lowest BCUT2D eigenvalue weighted by Gasteiger charge is -2.11. The molecule has 1 amide bonds. The SMILES string of the molecule is Cc1nc(NC(=O)C2(C(N)=S)CC2)sc1C. The van der Waals surface area contributed by atoms with E-state index >= 15 is 0 Å². The summed E-state index contributed by atoms with van der Waals surface area (Å²) in [7, 11) is 0. The summed E-state index contributed by atoms with van der Waals surface area (Å²) in [4.78, 5) is 17.6. The molecule has 16 heavy (non-hydrogen) atoms. The molecule has 1 aromatic heterocycles. The predicted octanol–water partition coefficient (Wildman–Crippen LogP) is 1.76. The lowest BCUT2D eigenvalue weighted by molar-refractivity contribution is -0.118. The quantitative estimate of drug-likeness (QED) is 0.808. The van der Waals surface area contributed by atoms with Gasteiger partial charge in [-0.2, -0.15) is 0 Å². The molecule has 0 radical (unpaired) electrons. The summed E-state index contributed by atoms with van der Waals surface area (Å²) in [6.45, 7) is 3.89. The van der Waals surface area contributed by atoms with Crippen molar-refractivity contribution >= 4 is 39.6 Å². The summed E-state index contributed by atoms with van der Waals surface area (Å²) in [5, 5.41) is 3.42. The average molecular weight is 255 g/mol. The molecule has 1 saturated carbocycles. The first-order chi connectivity index (χ1) is 7.45. The lowest BCUT2D eigenvalue weighted by Crippen LogP contribution is -2.34. The van der Waals surface area contributed by atoms with Crippen molar-refractivity contribution in [1.29, 1.82) is 0 Å². The van der Waals surface area contributed by atoms with Gasteiger partial charge in [0.2, 0.25) is 5.91 Å². The van der Waals surface area contributed by atoms with Crippen molar-refractivity contribution in [3.63, 3.8) is 0 Å². The van der Waals surface area contributed by atoms with Gasteiger partial charge in [-0.1, -0.05) is 12.2 Å². The van der Waals surface area contributed by atoms with Crippen molar-refractivity contribution in [2.45, 2.75) is 26.7 Å². The Kier molecular flexibility index (Phi) is 2.71. The van der Waals surface area contributed by atoms with E-state index in [4.69, 9.17) is 18.0 Å². The van der Waals surface area contributed by atoms with Gasteiger partial charge in [-0.25, -0.2) is 4.98 Å². The number of aromatic nitrogens is 1. The van der Waals surface area contributed by atoms with Crippen LogP contribution in [-0.4, -0.2) is 15.9 Å². The second-order valence-electron chi connectivity index (χ2n) is 4.06. The Morgan fingerprint density at radius 3 is 2.56 bits per heavy atom. The fourth-order valence-corrected chi connectivity index (χ4v) is 2.56. The molecule has 0 aliphatic heterocycles. The Hall–Kier alpha value is -1.01. The van der Waals surface area contributed by atoms with Gasteiger partial charge in [-0.15, -0.1) is 11.3 Å². The van der Waals surface area contributed by atoms with Crippen LogP contribution in [0.4, 0.5) is 5.13 Å². The number of amides is 1. The number of nitrogens with zero attached hydrogens (tertiary/aromatic N) is 1. The van der Waals surface area contributed by atoms with E-state index in [9.17, 15) is 4.79 Å². The summed E-state index contributed by atoms with van der Waals surface area (Å²) in [5.74, 6) is -0.117. The van der Waals surface area contributed by atoms with E-state index in [-0.39, 0.29) is 10.9 Å². The number of anilines is 1. The minimum Gasteiger partial charge on any atom is -0.392 e. The van der Waals surface area contributed by atoms with E-state index in [2.05, 4.69) is 10.3 Å². The highest BCUT2D eigenvalue weighted by molar-refractivity contribution is 7.80. The highest BCUT2D eigenvalue weighted by atomic mass is 32.1. The summed E-state index contributed by atoms with van der Waals surface area (Å²) in [5.41, 5.74) is 5.91. The molecule has 0 atom stereocenters. The first kappa shape index (κ1) is 11.5. The number of carbonyl (C=O) groups is 1. The fourth-order valence-electron chi connectivity index (χ4n) is 1.45. The van der Waals surface area contributed by atoms with Crippen molar-refractivity contribution < 1.29 is 4.79 Å². The number of nitrogens with two attached hydrogens (primary N) is 1. The zero-order valence-electron chi connectivity index (χ0n) is 9.16. The third-order valence-corrected chi connectivity index (χ3v) is 4.28. The van der Waals surface area contributed by atoms with Gasteiger partial charge in [0.1, 0.15) is 0 Å². The van der Waals surface area contributed by atoms with Crippen molar-refractivity contribution in [2.24, 2.45) is 11.1 Å². The Bertz CT molecular complexity index is 443. The van der Waals surface area contributed by atoms with Crippen molar-refractivity contribution in [1.82, 2.24) is 4.98 Å². The molecule has 1 heterocycles. The number of thiazole rings is 1. The van der Waals surface area contributed by atoms with Gasteiger partial charge in [0.25, 0.3) is 0 Å². The Labute approximate surface area is 103 Å². The number of rotatable bonds is 3. The normalized spacial score (nSPS) is 16.9. The average Bonchev–Trinajstić information content (AvgIpc) is 2.92. The molecule has 1 fully saturated rings. The number of aryl methyl sites for hydroxylation is 2. The molecule has 1 aliphatic rings. The number of nitrogens with one attached hydrogen (secondary N) is 1. The number of carbonyl (C=O) groups excluding carboxylic acids is 1. The molecule has 86 valence electrons. The van der Waals surface area contributed by atoms with Crippen LogP contribution in [0.5, 0.6) is 0 Å². The molecule has 6 heteroatoms. The second-order valence-corrected chi connectivity index (χ2v) is 5.70. The lowest BCUT2D eigenvalue weighted by atomic mass is 10.1. The fraction of sp³-hybridized carbons (Fsp3) is 0.500. The highest BCUT2D eigenvalue weighted by Gasteiger charge is 2.52. The number of thiocarbonyl (C=S) groups is 1. The Morgan fingerprint density at radius 2 is 2.19 bits per heavy atom. The monoisotopic (exact) mass is 255 g/mol. The molecule has 3 N–H and O–H groups in total. The predicted molar refractivity (Wildman–Crippen MR) is 68.7 cm³/mol. The maximum Gasteiger partial charge on any atom is 0.239 e.